The number of nitrogens with one attached hydrogen (secondary N) is 1. The highest BCUT2D eigenvalue weighted by molar-refractivity contribution is 5.84. The van der Waals surface area contributed by atoms with E-state index in [2.05, 4.69) is 15.1 Å². The van der Waals surface area contributed by atoms with Crippen molar-refractivity contribution >= 4 is 17.0 Å². The molecule has 0 radical (unpaired) electrons. The second-order valence-electron chi connectivity index (χ2n) is 9.05. The third-order valence-electron chi connectivity index (χ3n) is 6.41. The lowest BCUT2D eigenvalue weighted by molar-refractivity contribution is 0.0868. The van der Waals surface area contributed by atoms with Gasteiger partial charge in [0.15, 0.2) is 0 Å². The molecular formula is C26H28FN5O2. The van der Waals surface area contributed by atoms with Crippen LogP contribution in [-0.4, -0.2) is 43.8 Å². The molecule has 1 aliphatic rings. The fourth-order valence-electron chi connectivity index (χ4n) is 4.55. The summed E-state index contributed by atoms with van der Waals surface area (Å²) in [7, 11) is 0. The van der Waals surface area contributed by atoms with Gasteiger partial charge < -0.3 is 14.6 Å². The Labute approximate surface area is 197 Å². The van der Waals surface area contributed by atoms with Crippen LogP contribution in [0.4, 0.5) is 9.18 Å². The minimum atomic E-state index is -0.322. The molecule has 0 bridgehead atoms. The van der Waals surface area contributed by atoms with Gasteiger partial charge in [-0.05, 0) is 30.4 Å². The van der Waals surface area contributed by atoms with Crippen LogP contribution in [0, 0.1) is 5.82 Å². The maximum absolute atomic E-state index is 14.7. The zero-order valence-electron chi connectivity index (χ0n) is 19.4. The average Bonchev–Trinajstić information content (AvgIpc) is 3.49. The first kappa shape index (κ1) is 22.1. The summed E-state index contributed by atoms with van der Waals surface area (Å²) in [6.07, 6.45) is 3.11. The van der Waals surface area contributed by atoms with Gasteiger partial charge in [0.2, 0.25) is 5.95 Å². The molecule has 4 aromatic rings. The van der Waals surface area contributed by atoms with Crippen molar-refractivity contribution in [1.82, 2.24) is 24.6 Å². The van der Waals surface area contributed by atoms with Crippen LogP contribution in [0.3, 0.4) is 0 Å². The van der Waals surface area contributed by atoms with Gasteiger partial charge in [-0.15, -0.1) is 0 Å². The van der Waals surface area contributed by atoms with Gasteiger partial charge >= 0.3 is 6.09 Å². The summed E-state index contributed by atoms with van der Waals surface area (Å²) in [5.74, 6) is 0.570. The van der Waals surface area contributed by atoms with Gasteiger partial charge in [-0.2, -0.15) is 9.78 Å². The van der Waals surface area contributed by atoms with Crippen molar-refractivity contribution in [3.8, 4) is 5.95 Å². The first-order chi connectivity index (χ1) is 16.5. The number of amides is 1. The summed E-state index contributed by atoms with van der Waals surface area (Å²) < 4.78 is 21.7. The Morgan fingerprint density at radius 2 is 1.91 bits per heavy atom. The largest absolute Gasteiger partial charge is 0.445 e. The summed E-state index contributed by atoms with van der Waals surface area (Å²) in [5.41, 5.74) is 3.22. The van der Waals surface area contributed by atoms with Gasteiger partial charge in [-0.1, -0.05) is 56.3 Å². The van der Waals surface area contributed by atoms with E-state index in [0.717, 1.165) is 35.2 Å². The van der Waals surface area contributed by atoms with Crippen LogP contribution in [-0.2, 0) is 11.3 Å². The molecule has 34 heavy (non-hydrogen) atoms. The number of halogens is 1. The van der Waals surface area contributed by atoms with E-state index in [-0.39, 0.29) is 30.4 Å². The molecule has 5 rings (SSSR count). The number of imidazole rings is 1. The normalized spacial score (nSPS) is 14.8. The molecule has 1 aliphatic heterocycles. The monoisotopic (exact) mass is 461 g/mol. The summed E-state index contributed by atoms with van der Waals surface area (Å²) in [6, 6.07) is 14.7. The zero-order valence-corrected chi connectivity index (χ0v) is 19.4. The van der Waals surface area contributed by atoms with Crippen LogP contribution in [0.1, 0.15) is 55.5 Å². The Hall–Kier alpha value is -3.68. The van der Waals surface area contributed by atoms with Crippen LogP contribution in [0.15, 0.2) is 54.7 Å². The number of carbonyl (C=O) groups is 1. The van der Waals surface area contributed by atoms with Crippen molar-refractivity contribution in [3.63, 3.8) is 0 Å². The number of hydrogen-bond acceptors (Lipinski definition) is 4. The van der Waals surface area contributed by atoms with Crippen LogP contribution >= 0.6 is 0 Å². The summed E-state index contributed by atoms with van der Waals surface area (Å²) in [4.78, 5) is 22.1. The molecule has 0 spiro atoms. The number of benzene rings is 2. The van der Waals surface area contributed by atoms with E-state index in [1.165, 1.54) is 6.07 Å². The Bertz CT molecular complexity index is 1290. The SMILES string of the molecule is CC(C)c1nn(-c2ncc(C3CCN(C(=O)OCc4ccccc4)CC3)[nH]2)c2c(F)cccc12. The van der Waals surface area contributed by atoms with Crippen molar-refractivity contribution in [2.75, 3.05) is 13.1 Å². The molecule has 0 atom stereocenters. The maximum Gasteiger partial charge on any atom is 0.410 e. The second-order valence-corrected chi connectivity index (χ2v) is 9.05. The Kier molecular flexibility index (Phi) is 6.04. The van der Waals surface area contributed by atoms with Gasteiger partial charge in [0.25, 0.3) is 0 Å². The van der Waals surface area contributed by atoms with E-state index in [9.17, 15) is 9.18 Å². The first-order valence-corrected chi connectivity index (χ1v) is 11.7. The van der Waals surface area contributed by atoms with E-state index in [4.69, 9.17) is 4.74 Å². The number of H-pyrrole nitrogens is 1. The van der Waals surface area contributed by atoms with Gasteiger partial charge in [-0.3, -0.25) is 0 Å². The van der Waals surface area contributed by atoms with Crippen molar-refractivity contribution < 1.29 is 13.9 Å². The van der Waals surface area contributed by atoms with Crippen LogP contribution in [0.2, 0.25) is 0 Å². The van der Waals surface area contributed by atoms with Crippen molar-refractivity contribution in [1.29, 1.82) is 0 Å². The van der Waals surface area contributed by atoms with Gasteiger partial charge in [0.05, 0.1) is 11.9 Å². The van der Waals surface area contributed by atoms with E-state index < -0.39 is 0 Å². The average molecular weight is 462 g/mol. The van der Waals surface area contributed by atoms with E-state index >= 15 is 0 Å². The van der Waals surface area contributed by atoms with Gasteiger partial charge in [0, 0.05) is 30.1 Å². The van der Waals surface area contributed by atoms with Crippen LogP contribution in [0.25, 0.3) is 16.9 Å². The number of piperidine rings is 1. The molecule has 3 heterocycles. The predicted molar refractivity (Wildman–Crippen MR) is 127 cm³/mol. The fourth-order valence-corrected chi connectivity index (χ4v) is 4.55. The summed E-state index contributed by atoms with van der Waals surface area (Å²) >= 11 is 0. The second kappa shape index (κ2) is 9.29. The molecule has 7 nitrogen and oxygen atoms in total. The number of rotatable bonds is 5. The molecule has 176 valence electrons. The fraction of sp³-hybridized carbons (Fsp3) is 0.346. The first-order valence-electron chi connectivity index (χ1n) is 11.7. The lowest BCUT2D eigenvalue weighted by Crippen LogP contribution is -2.38. The lowest BCUT2D eigenvalue weighted by atomic mass is 9.94. The molecule has 8 heteroatoms. The Morgan fingerprint density at radius 3 is 2.65 bits per heavy atom. The molecule has 1 N–H and O–H groups in total. The highest BCUT2D eigenvalue weighted by atomic mass is 19.1. The van der Waals surface area contributed by atoms with E-state index in [1.54, 1.807) is 21.8 Å². The zero-order chi connectivity index (χ0) is 23.7. The molecular weight excluding hydrogens is 433 g/mol. The minimum absolute atomic E-state index is 0.158. The van der Waals surface area contributed by atoms with Crippen molar-refractivity contribution in [2.24, 2.45) is 0 Å². The number of para-hydroxylation sites is 1. The number of ether oxygens (including phenoxy) is 1. The van der Waals surface area contributed by atoms with Gasteiger partial charge in [0.1, 0.15) is 17.9 Å². The van der Waals surface area contributed by atoms with Crippen LogP contribution in [0.5, 0.6) is 0 Å². The van der Waals surface area contributed by atoms with Gasteiger partial charge in [-0.25, -0.2) is 14.2 Å². The van der Waals surface area contributed by atoms with Crippen molar-refractivity contribution in [2.45, 2.75) is 45.1 Å². The lowest BCUT2D eigenvalue weighted by Gasteiger charge is -2.30. The quantitative estimate of drug-likeness (QED) is 0.424. The predicted octanol–water partition coefficient (Wildman–Crippen LogP) is 5.53. The molecule has 0 saturated carbocycles. The third kappa shape index (κ3) is 4.27. The van der Waals surface area contributed by atoms with E-state index in [0.29, 0.717) is 24.6 Å². The van der Waals surface area contributed by atoms with Crippen molar-refractivity contribution in [3.05, 3.63) is 77.5 Å². The maximum atomic E-state index is 14.7. The minimum Gasteiger partial charge on any atom is -0.445 e. The molecule has 1 fully saturated rings. The number of aromatic nitrogens is 4. The summed E-state index contributed by atoms with van der Waals surface area (Å²) in [5, 5.41) is 5.47. The standard InChI is InChI=1S/C26H28FN5O2/c1-17(2)23-20-9-6-10-21(27)24(20)32(30-23)25-28-15-22(29-25)19-11-13-31(14-12-19)26(33)34-16-18-7-4-3-5-8-18/h3-10,15,17,19H,11-14,16H2,1-2H3,(H,28,29). The molecule has 1 saturated heterocycles. The summed E-state index contributed by atoms with van der Waals surface area (Å²) in [6.45, 7) is 5.59. The molecule has 0 aliphatic carbocycles. The number of carbonyl (C=O) groups excluding carboxylic acids is 1. The number of likely N-dealkylation sites (tertiary alicyclic amines) is 1. The van der Waals surface area contributed by atoms with Crippen LogP contribution < -0.4 is 0 Å². The highest BCUT2D eigenvalue weighted by Gasteiger charge is 2.27. The number of aromatic amines is 1. The number of hydrogen-bond donors (Lipinski definition) is 1. The molecule has 2 aromatic carbocycles. The Balaban J connectivity index is 1.26. The number of nitrogens with zero attached hydrogens (tertiary/aromatic N) is 4. The van der Waals surface area contributed by atoms with E-state index in [1.807, 2.05) is 50.2 Å². The molecule has 2 aromatic heterocycles. The number of fused-ring (bicyclic) bond motifs is 1. The Morgan fingerprint density at radius 1 is 1.15 bits per heavy atom. The molecule has 0 unspecified atom stereocenters. The smallest absolute Gasteiger partial charge is 0.410 e. The third-order valence-corrected chi connectivity index (χ3v) is 6.41. The highest BCUT2D eigenvalue weighted by Crippen LogP contribution is 2.31. The molecule has 1 amide bonds. The topological polar surface area (TPSA) is 76.0 Å².